The Balaban J connectivity index is 1.20. The summed E-state index contributed by atoms with van der Waals surface area (Å²) < 4.78 is 17.5. The molecule has 3 atom stereocenters. The van der Waals surface area contributed by atoms with Crippen molar-refractivity contribution < 1.29 is 14.0 Å². The predicted molar refractivity (Wildman–Crippen MR) is 145 cm³/mol. The molecule has 1 aliphatic heterocycles. The van der Waals surface area contributed by atoms with Gasteiger partial charge in [-0.2, -0.15) is 0 Å². The third-order valence-electron chi connectivity index (χ3n) is 8.00. The van der Waals surface area contributed by atoms with Crippen molar-refractivity contribution in [3.8, 4) is 11.3 Å². The molecular weight excluding hydrogens is 535 g/mol. The van der Waals surface area contributed by atoms with Crippen molar-refractivity contribution in [2.24, 2.45) is 18.9 Å². The zero-order chi connectivity index (χ0) is 29.2. The van der Waals surface area contributed by atoms with Gasteiger partial charge in [0.1, 0.15) is 17.5 Å². The molecule has 15 heteroatoms. The smallest absolute Gasteiger partial charge is 0.332 e. The third kappa shape index (κ3) is 4.37. The van der Waals surface area contributed by atoms with Crippen LogP contribution in [0.25, 0.3) is 22.4 Å². The topological polar surface area (TPSA) is 163 Å². The molecular formula is C26H27FN10O4. The van der Waals surface area contributed by atoms with Gasteiger partial charge in [-0.15, -0.1) is 0 Å². The lowest BCUT2D eigenvalue weighted by Gasteiger charge is -2.20. The predicted octanol–water partition coefficient (Wildman–Crippen LogP) is 0.727. The van der Waals surface area contributed by atoms with E-state index in [4.69, 9.17) is 0 Å². The van der Waals surface area contributed by atoms with Crippen LogP contribution in [-0.2, 0) is 23.2 Å². The van der Waals surface area contributed by atoms with Crippen molar-refractivity contribution in [1.82, 2.24) is 38.6 Å². The van der Waals surface area contributed by atoms with E-state index in [1.54, 1.807) is 26.2 Å². The first-order valence-corrected chi connectivity index (χ1v) is 13.0. The van der Waals surface area contributed by atoms with E-state index in [0.29, 0.717) is 30.3 Å². The molecule has 0 bridgehead atoms. The van der Waals surface area contributed by atoms with E-state index in [-0.39, 0.29) is 34.6 Å². The Morgan fingerprint density at radius 2 is 1.80 bits per heavy atom. The van der Waals surface area contributed by atoms with E-state index in [0.717, 1.165) is 9.13 Å². The highest BCUT2D eigenvalue weighted by molar-refractivity contribution is 5.93. The molecule has 2 aliphatic rings. The number of hydrogen-bond acceptors (Lipinski definition) is 10. The summed E-state index contributed by atoms with van der Waals surface area (Å²) in [7, 11) is 1.44. The Hall–Kier alpha value is -4.82. The highest BCUT2D eigenvalue weighted by Gasteiger charge is 2.67. The molecule has 1 amide bonds. The van der Waals surface area contributed by atoms with Crippen molar-refractivity contribution in [2.75, 3.05) is 23.3 Å². The molecule has 4 aromatic rings. The summed E-state index contributed by atoms with van der Waals surface area (Å²) in [6.07, 6.45) is 7.40. The number of alkyl halides is 1. The largest absolute Gasteiger partial charge is 0.340 e. The van der Waals surface area contributed by atoms with E-state index in [1.165, 1.54) is 37.3 Å². The van der Waals surface area contributed by atoms with Crippen LogP contribution < -0.4 is 21.5 Å². The standard InChI is InChI=1S/C26H27FN10O4/c1-13(38)9-36-23(40)20-21(34(4)25(36)41)31-12-37(20)14(2)22(39)33-19-8-28-7-18(32-19)15-5-29-24(30-6-15)35-10-16-17(11-35)26(16,3)27/h5-8,12,14,16-17H,9-11H2,1-4H3,(H,32,33,39)/t14-,16?,17?,26?/m0/s1. The molecule has 0 spiro atoms. The zero-order valence-electron chi connectivity index (χ0n) is 22.8. The summed E-state index contributed by atoms with van der Waals surface area (Å²) in [6.45, 7) is 5.26. The van der Waals surface area contributed by atoms with Crippen LogP contribution in [0.3, 0.4) is 0 Å². The van der Waals surface area contributed by atoms with Gasteiger partial charge < -0.3 is 14.8 Å². The van der Waals surface area contributed by atoms with Gasteiger partial charge in [0.2, 0.25) is 11.9 Å². The molecule has 6 rings (SSSR count). The van der Waals surface area contributed by atoms with Crippen molar-refractivity contribution >= 4 is 34.6 Å². The molecule has 1 aliphatic carbocycles. The number of nitrogens with one attached hydrogen (secondary N) is 1. The Bertz CT molecular complexity index is 1810. The van der Waals surface area contributed by atoms with Crippen LogP contribution in [0.2, 0.25) is 0 Å². The minimum Gasteiger partial charge on any atom is -0.340 e. The summed E-state index contributed by atoms with van der Waals surface area (Å²) in [6, 6.07) is -0.929. The lowest BCUT2D eigenvalue weighted by molar-refractivity contribution is -0.119. The minimum absolute atomic E-state index is 0.0134. The number of fused-ring (bicyclic) bond motifs is 2. The number of ketones is 1. The molecule has 2 fully saturated rings. The number of halogens is 1. The highest BCUT2D eigenvalue weighted by Crippen LogP contribution is 2.58. The Morgan fingerprint density at radius 3 is 2.46 bits per heavy atom. The molecule has 1 saturated heterocycles. The van der Waals surface area contributed by atoms with Gasteiger partial charge >= 0.3 is 5.69 Å². The number of aromatic nitrogens is 8. The van der Waals surface area contributed by atoms with E-state index < -0.39 is 35.4 Å². The summed E-state index contributed by atoms with van der Waals surface area (Å²) >= 11 is 0. The molecule has 2 unspecified atom stereocenters. The Kier molecular flexibility index (Phi) is 6.04. The molecule has 4 aromatic heterocycles. The van der Waals surface area contributed by atoms with Gasteiger partial charge in [0, 0.05) is 49.9 Å². The van der Waals surface area contributed by atoms with Gasteiger partial charge in [-0.05, 0) is 20.8 Å². The van der Waals surface area contributed by atoms with Crippen LogP contribution in [-0.4, -0.2) is 69.1 Å². The maximum absolute atomic E-state index is 14.2. The summed E-state index contributed by atoms with van der Waals surface area (Å²) in [5, 5.41) is 2.69. The van der Waals surface area contributed by atoms with Crippen molar-refractivity contribution in [1.29, 1.82) is 0 Å². The maximum atomic E-state index is 14.2. The molecule has 1 saturated carbocycles. The van der Waals surface area contributed by atoms with Gasteiger partial charge in [0.05, 0.1) is 31.0 Å². The number of carbonyl (C=O) groups is 2. The summed E-state index contributed by atoms with van der Waals surface area (Å²) in [4.78, 5) is 74.1. The zero-order valence-corrected chi connectivity index (χ0v) is 22.8. The Labute approximate surface area is 231 Å². The first-order chi connectivity index (χ1) is 19.5. The fraction of sp³-hybridized carbons (Fsp3) is 0.423. The average Bonchev–Trinajstić information content (AvgIpc) is 3.38. The second-order valence-electron chi connectivity index (χ2n) is 10.8. The van der Waals surface area contributed by atoms with Gasteiger partial charge in [-0.25, -0.2) is 29.1 Å². The minimum atomic E-state index is -1.09. The summed E-state index contributed by atoms with van der Waals surface area (Å²) in [5.41, 5.74) is -1.37. The molecule has 0 radical (unpaired) electrons. The van der Waals surface area contributed by atoms with E-state index in [9.17, 15) is 23.6 Å². The molecule has 1 N–H and O–H groups in total. The van der Waals surface area contributed by atoms with Crippen LogP contribution >= 0.6 is 0 Å². The van der Waals surface area contributed by atoms with Crippen LogP contribution in [0.15, 0.2) is 40.7 Å². The second kappa shape index (κ2) is 9.38. The molecule has 41 heavy (non-hydrogen) atoms. The van der Waals surface area contributed by atoms with E-state index in [2.05, 4.69) is 30.2 Å². The number of rotatable bonds is 7. The van der Waals surface area contributed by atoms with Gasteiger partial charge in [-0.1, -0.05) is 0 Å². The Morgan fingerprint density at radius 1 is 1.12 bits per heavy atom. The number of imidazole rings is 1. The molecule has 212 valence electrons. The number of aryl methyl sites for hydroxylation is 1. The number of carbonyl (C=O) groups excluding carboxylic acids is 2. The van der Waals surface area contributed by atoms with Gasteiger partial charge in [-0.3, -0.25) is 28.5 Å². The fourth-order valence-corrected chi connectivity index (χ4v) is 5.47. The third-order valence-corrected chi connectivity index (χ3v) is 8.00. The number of piperidine rings is 1. The fourth-order valence-electron chi connectivity index (χ4n) is 5.47. The average molecular weight is 563 g/mol. The lowest BCUT2D eigenvalue weighted by Crippen LogP contribution is -2.41. The number of amides is 1. The van der Waals surface area contributed by atoms with E-state index in [1.807, 2.05) is 4.90 Å². The first kappa shape index (κ1) is 26.4. The molecule has 0 aromatic carbocycles. The number of hydrogen-bond donors (Lipinski definition) is 1. The summed E-state index contributed by atoms with van der Waals surface area (Å²) in [5.74, 6) is -0.148. The maximum Gasteiger partial charge on any atom is 0.332 e. The van der Waals surface area contributed by atoms with Crippen LogP contribution in [0.4, 0.5) is 16.2 Å². The normalized spacial score (nSPS) is 22.0. The monoisotopic (exact) mass is 562 g/mol. The molecule has 5 heterocycles. The second-order valence-corrected chi connectivity index (χ2v) is 10.8. The molecule has 14 nitrogen and oxygen atoms in total. The lowest BCUT2D eigenvalue weighted by atomic mass is 10.2. The first-order valence-electron chi connectivity index (χ1n) is 13.0. The van der Waals surface area contributed by atoms with Crippen LogP contribution in [0.5, 0.6) is 0 Å². The van der Waals surface area contributed by atoms with Crippen molar-refractivity contribution in [3.05, 3.63) is 52.0 Å². The van der Waals surface area contributed by atoms with Crippen molar-refractivity contribution in [2.45, 2.75) is 39.0 Å². The van der Waals surface area contributed by atoms with Gasteiger partial charge in [0.15, 0.2) is 17.0 Å². The van der Waals surface area contributed by atoms with Crippen LogP contribution in [0, 0.1) is 11.8 Å². The SMILES string of the molecule is CC(=O)Cn1c(=O)c2c(ncn2[C@@H](C)C(=O)Nc2cncc(-c3cnc(N4CC5C(C4)C5(C)F)nc3)n2)n(C)c1=O. The van der Waals surface area contributed by atoms with Gasteiger partial charge in [0.25, 0.3) is 5.56 Å². The quantitative estimate of drug-likeness (QED) is 0.340. The number of nitrogens with zero attached hydrogens (tertiary/aromatic N) is 9. The van der Waals surface area contributed by atoms with Crippen LogP contribution in [0.1, 0.15) is 26.8 Å². The van der Waals surface area contributed by atoms with Crippen molar-refractivity contribution in [3.63, 3.8) is 0 Å². The van der Waals surface area contributed by atoms with E-state index >= 15 is 0 Å². The number of anilines is 2. The highest BCUT2D eigenvalue weighted by atomic mass is 19.1. The number of Topliss-reactive ketones (excluding diaryl/α,β-unsaturated/α-hetero) is 1.